The van der Waals surface area contributed by atoms with Gasteiger partial charge in [0.15, 0.2) is 0 Å². The number of nitro groups is 1. The minimum absolute atomic E-state index is 0.0327. The van der Waals surface area contributed by atoms with Crippen LogP contribution in [0.25, 0.3) is 28.3 Å². The molecule has 0 aliphatic rings. The van der Waals surface area contributed by atoms with E-state index in [2.05, 4.69) is 0 Å². The number of ketones is 1. The lowest BCUT2D eigenvalue weighted by Gasteiger charge is -2.13. The molecule has 0 aliphatic heterocycles. The summed E-state index contributed by atoms with van der Waals surface area (Å²) >= 11 is 6.15. The minimum atomic E-state index is -0.450. The van der Waals surface area contributed by atoms with Crippen LogP contribution in [0.15, 0.2) is 97.1 Å². The Bertz CT molecular complexity index is 1620. The van der Waals surface area contributed by atoms with Crippen LogP contribution in [0.2, 0.25) is 5.02 Å². The molecule has 0 atom stereocenters. The maximum Gasteiger partial charge on any atom is 0.269 e. The first-order valence-electron chi connectivity index (χ1n) is 11.7. The van der Waals surface area contributed by atoms with Gasteiger partial charge in [-0.2, -0.15) is 0 Å². The van der Waals surface area contributed by atoms with Gasteiger partial charge in [0.05, 0.1) is 12.0 Å². The second-order valence-corrected chi connectivity index (χ2v) is 9.11. The Kier molecular flexibility index (Phi) is 6.77. The third-order valence-corrected chi connectivity index (χ3v) is 6.44. The summed E-state index contributed by atoms with van der Waals surface area (Å²) in [5.41, 5.74) is 4.38. The molecular formula is C30H22ClN3O4. The van der Waals surface area contributed by atoms with E-state index in [1.165, 1.54) is 12.1 Å². The second-order valence-electron chi connectivity index (χ2n) is 8.67. The van der Waals surface area contributed by atoms with Gasteiger partial charge in [-0.1, -0.05) is 41.4 Å². The molecule has 8 heteroatoms. The first-order chi connectivity index (χ1) is 18.4. The number of hydrogen-bond donors (Lipinski definition) is 0. The Morgan fingerprint density at radius 1 is 0.868 bits per heavy atom. The maximum absolute atomic E-state index is 14.1. The number of imidazole rings is 1. The van der Waals surface area contributed by atoms with Crippen molar-refractivity contribution in [2.24, 2.45) is 0 Å². The van der Waals surface area contributed by atoms with E-state index < -0.39 is 4.92 Å². The SMILES string of the molecule is COc1ccc(C(=O)c2c(-c3ccc(Cl)cc3)nc(-c3ccc([N+](=O)[O-])cc3)n2-c2ccc(C)cc2)cc1. The van der Waals surface area contributed by atoms with Crippen LogP contribution < -0.4 is 4.74 Å². The number of nitrogens with zero attached hydrogens (tertiary/aromatic N) is 3. The Labute approximate surface area is 224 Å². The van der Waals surface area contributed by atoms with Crippen molar-refractivity contribution in [1.29, 1.82) is 0 Å². The van der Waals surface area contributed by atoms with Gasteiger partial charge in [0, 0.05) is 39.5 Å². The summed E-state index contributed by atoms with van der Waals surface area (Å²) in [6, 6.07) is 27.9. The number of non-ortho nitro benzene ring substituents is 1. The number of aryl methyl sites for hydroxylation is 1. The number of halogens is 1. The van der Waals surface area contributed by atoms with Crippen LogP contribution in [0, 0.1) is 17.0 Å². The highest BCUT2D eigenvalue weighted by Gasteiger charge is 2.27. The number of rotatable bonds is 7. The summed E-state index contributed by atoms with van der Waals surface area (Å²) in [5, 5.41) is 11.8. The molecule has 5 aromatic rings. The van der Waals surface area contributed by atoms with Crippen molar-refractivity contribution in [3.05, 3.63) is 129 Å². The fourth-order valence-corrected chi connectivity index (χ4v) is 4.31. The van der Waals surface area contributed by atoms with Crippen LogP contribution in [0.1, 0.15) is 21.6 Å². The number of hydrogen-bond acceptors (Lipinski definition) is 5. The lowest BCUT2D eigenvalue weighted by atomic mass is 10.0. The van der Waals surface area contributed by atoms with Crippen molar-refractivity contribution in [1.82, 2.24) is 9.55 Å². The van der Waals surface area contributed by atoms with Crippen LogP contribution in [-0.2, 0) is 0 Å². The highest BCUT2D eigenvalue weighted by atomic mass is 35.5. The monoisotopic (exact) mass is 523 g/mol. The van der Waals surface area contributed by atoms with Gasteiger partial charge < -0.3 is 4.74 Å². The lowest BCUT2D eigenvalue weighted by Crippen LogP contribution is -2.11. The van der Waals surface area contributed by atoms with Gasteiger partial charge in [0.1, 0.15) is 23.0 Å². The van der Waals surface area contributed by atoms with Crippen molar-refractivity contribution >= 4 is 23.1 Å². The van der Waals surface area contributed by atoms with Gasteiger partial charge in [-0.15, -0.1) is 0 Å². The molecule has 1 aromatic heterocycles. The Morgan fingerprint density at radius 2 is 1.47 bits per heavy atom. The van der Waals surface area contributed by atoms with Crippen molar-refractivity contribution in [2.75, 3.05) is 7.11 Å². The van der Waals surface area contributed by atoms with Crippen LogP contribution in [0.4, 0.5) is 5.69 Å². The van der Waals surface area contributed by atoms with E-state index in [9.17, 15) is 14.9 Å². The smallest absolute Gasteiger partial charge is 0.269 e. The summed E-state index contributed by atoms with van der Waals surface area (Å²) in [6.07, 6.45) is 0. The number of ether oxygens (including phenoxy) is 1. The molecule has 0 N–H and O–H groups in total. The quantitative estimate of drug-likeness (QED) is 0.127. The Morgan fingerprint density at radius 3 is 2.05 bits per heavy atom. The van der Waals surface area contributed by atoms with Gasteiger partial charge in [-0.3, -0.25) is 19.5 Å². The minimum Gasteiger partial charge on any atom is -0.497 e. The van der Waals surface area contributed by atoms with Gasteiger partial charge in [0.2, 0.25) is 5.78 Å². The predicted molar refractivity (Wildman–Crippen MR) is 147 cm³/mol. The topological polar surface area (TPSA) is 87.3 Å². The first-order valence-corrected chi connectivity index (χ1v) is 12.1. The Balaban J connectivity index is 1.81. The largest absolute Gasteiger partial charge is 0.497 e. The van der Waals surface area contributed by atoms with Crippen molar-refractivity contribution < 1.29 is 14.5 Å². The van der Waals surface area contributed by atoms with Crippen molar-refractivity contribution in [3.8, 4) is 34.1 Å². The van der Waals surface area contributed by atoms with E-state index in [0.29, 0.717) is 44.7 Å². The average Bonchev–Trinajstić information content (AvgIpc) is 3.34. The molecule has 0 saturated carbocycles. The van der Waals surface area contributed by atoms with E-state index in [0.717, 1.165) is 11.3 Å². The molecule has 0 spiro atoms. The van der Waals surface area contributed by atoms with E-state index in [-0.39, 0.29) is 11.5 Å². The molecule has 4 aromatic carbocycles. The van der Waals surface area contributed by atoms with Crippen LogP contribution in [-0.4, -0.2) is 27.4 Å². The number of methoxy groups -OCH3 is 1. The second kappa shape index (κ2) is 10.3. The zero-order valence-electron chi connectivity index (χ0n) is 20.6. The van der Waals surface area contributed by atoms with Gasteiger partial charge >= 0.3 is 0 Å². The molecular weight excluding hydrogens is 502 g/mol. The number of aromatic nitrogens is 2. The molecule has 0 saturated heterocycles. The summed E-state index contributed by atoms with van der Waals surface area (Å²) < 4.78 is 7.06. The number of carbonyl (C=O) groups excluding carboxylic acids is 1. The molecule has 38 heavy (non-hydrogen) atoms. The number of nitro benzene ring substituents is 1. The zero-order chi connectivity index (χ0) is 26.8. The highest BCUT2D eigenvalue weighted by Crippen LogP contribution is 2.35. The third kappa shape index (κ3) is 4.79. The van der Waals surface area contributed by atoms with Gasteiger partial charge in [-0.25, -0.2) is 4.98 Å². The van der Waals surface area contributed by atoms with Crippen molar-refractivity contribution in [3.63, 3.8) is 0 Å². The van der Waals surface area contributed by atoms with E-state index >= 15 is 0 Å². The molecule has 1 heterocycles. The lowest BCUT2D eigenvalue weighted by molar-refractivity contribution is -0.384. The van der Waals surface area contributed by atoms with Crippen LogP contribution in [0.3, 0.4) is 0 Å². The number of benzene rings is 4. The molecule has 0 fully saturated rings. The first kappa shape index (κ1) is 24.9. The van der Waals surface area contributed by atoms with Gasteiger partial charge in [0.25, 0.3) is 5.69 Å². The van der Waals surface area contributed by atoms with Gasteiger partial charge in [-0.05, 0) is 67.6 Å². The molecule has 0 unspecified atom stereocenters. The summed E-state index contributed by atoms with van der Waals surface area (Å²) in [6.45, 7) is 1.98. The summed E-state index contributed by atoms with van der Waals surface area (Å²) in [4.78, 5) is 29.9. The Hall–Kier alpha value is -4.75. The van der Waals surface area contributed by atoms with Crippen LogP contribution in [0.5, 0.6) is 5.75 Å². The fourth-order valence-electron chi connectivity index (χ4n) is 4.19. The molecule has 188 valence electrons. The third-order valence-electron chi connectivity index (χ3n) is 6.19. The zero-order valence-corrected chi connectivity index (χ0v) is 21.3. The average molecular weight is 524 g/mol. The maximum atomic E-state index is 14.1. The molecule has 0 radical (unpaired) electrons. The predicted octanol–water partition coefficient (Wildman–Crippen LogP) is 7.32. The van der Waals surface area contributed by atoms with Crippen LogP contribution >= 0.6 is 11.6 Å². The van der Waals surface area contributed by atoms with E-state index in [1.54, 1.807) is 60.2 Å². The molecule has 0 bridgehead atoms. The highest BCUT2D eigenvalue weighted by molar-refractivity contribution is 6.30. The summed E-state index contributed by atoms with van der Waals surface area (Å²) in [5.74, 6) is 0.877. The molecule has 0 amide bonds. The van der Waals surface area contributed by atoms with E-state index in [1.807, 2.05) is 43.3 Å². The normalized spacial score (nSPS) is 10.8. The molecule has 5 rings (SSSR count). The standard InChI is InChI=1S/C30H22ClN3O4/c1-19-3-13-24(14-4-19)33-28(29(35)21-9-17-26(38-2)18-10-21)27(20-5-11-23(31)12-6-20)32-30(33)22-7-15-25(16-8-22)34(36)37/h3-18H,1-2H3. The number of carbonyl (C=O) groups is 1. The van der Waals surface area contributed by atoms with E-state index in [4.69, 9.17) is 21.3 Å². The fraction of sp³-hybridized carbons (Fsp3) is 0.0667. The summed E-state index contributed by atoms with van der Waals surface area (Å²) in [7, 11) is 1.57. The molecule has 7 nitrogen and oxygen atoms in total. The van der Waals surface area contributed by atoms with Crippen molar-refractivity contribution in [2.45, 2.75) is 6.92 Å². The molecule has 0 aliphatic carbocycles.